The van der Waals surface area contributed by atoms with Gasteiger partial charge in [-0.3, -0.25) is 4.79 Å². The zero-order chi connectivity index (χ0) is 24.6. The average Bonchev–Trinajstić information content (AvgIpc) is 2.83. The van der Waals surface area contributed by atoms with Crippen LogP contribution in [0.5, 0.6) is 0 Å². The van der Waals surface area contributed by atoms with Crippen LogP contribution in [-0.4, -0.2) is 30.0 Å². The number of esters is 1. The van der Waals surface area contributed by atoms with Gasteiger partial charge in [0.1, 0.15) is 23.2 Å². The van der Waals surface area contributed by atoms with Crippen LogP contribution in [-0.2, 0) is 19.1 Å². The summed E-state index contributed by atoms with van der Waals surface area (Å²) in [7, 11) is -2.88. The quantitative estimate of drug-likeness (QED) is 0.241. The molecule has 2 atom stereocenters. The molecular formula is C28H29O5P. The third kappa shape index (κ3) is 5.43. The molecule has 0 aliphatic heterocycles. The van der Waals surface area contributed by atoms with E-state index in [0.717, 1.165) is 15.9 Å². The summed E-state index contributed by atoms with van der Waals surface area (Å²) in [5, 5.41) is 13.8. The Hall–Kier alpha value is -3.30. The van der Waals surface area contributed by atoms with Crippen LogP contribution in [0.1, 0.15) is 26.7 Å². The predicted octanol–water partition coefficient (Wildman–Crippen LogP) is 2.65. The average molecular weight is 477 g/mol. The first-order valence-electron chi connectivity index (χ1n) is 11.4. The lowest BCUT2D eigenvalue weighted by Crippen LogP contribution is -2.47. The number of ketones is 1. The fraction of sp³-hybridized carbons (Fsp3) is 0.250. The van der Waals surface area contributed by atoms with Crippen LogP contribution in [0.25, 0.3) is 0 Å². The van der Waals surface area contributed by atoms with Gasteiger partial charge in [0.25, 0.3) is 0 Å². The maximum absolute atomic E-state index is 13.9. The van der Waals surface area contributed by atoms with Crippen LogP contribution >= 0.6 is 7.26 Å². The Bertz CT molecular complexity index is 1000. The fourth-order valence-electron chi connectivity index (χ4n) is 4.42. The summed E-state index contributed by atoms with van der Waals surface area (Å²) < 4.78 is 5.50. The maximum Gasteiger partial charge on any atom is 0.356 e. The van der Waals surface area contributed by atoms with Crippen molar-refractivity contribution in [1.82, 2.24) is 0 Å². The second-order valence-corrected chi connectivity index (χ2v) is 11.7. The van der Waals surface area contributed by atoms with E-state index in [1.54, 1.807) is 13.8 Å². The highest BCUT2D eigenvalue weighted by molar-refractivity contribution is 7.97. The Kier molecular flexibility index (Phi) is 8.72. The van der Waals surface area contributed by atoms with E-state index in [1.165, 1.54) is 0 Å². The predicted molar refractivity (Wildman–Crippen MR) is 134 cm³/mol. The van der Waals surface area contributed by atoms with E-state index in [2.05, 4.69) is 0 Å². The standard InChI is InChI=1S/C28H29O5P/c1-3-33-28(32)27(25(29)19-21(2)20-26(30)31)34(22-13-7-4-8-14-22,23-15-9-5-10-16-23)24-17-11-6-12-18-24/h4-18,21,27H,3,19-20H2,1-2H3. The van der Waals surface area contributed by atoms with E-state index in [0.29, 0.717) is 0 Å². The lowest BCUT2D eigenvalue weighted by Gasteiger charge is -2.33. The van der Waals surface area contributed by atoms with Gasteiger partial charge in [-0.15, -0.1) is 0 Å². The molecule has 2 unspecified atom stereocenters. The zero-order valence-electron chi connectivity index (χ0n) is 19.4. The molecule has 0 aliphatic carbocycles. The molecule has 0 N–H and O–H groups in total. The Morgan fingerprint density at radius 1 is 0.765 bits per heavy atom. The minimum atomic E-state index is -2.88. The minimum absolute atomic E-state index is 0.0638. The van der Waals surface area contributed by atoms with E-state index < -0.39 is 30.8 Å². The second-order valence-electron chi connectivity index (χ2n) is 8.24. The van der Waals surface area contributed by atoms with Gasteiger partial charge in [0.05, 0.1) is 6.61 Å². The molecule has 0 saturated heterocycles. The second kappa shape index (κ2) is 11.7. The molecule has 0 fully saturated rings. The Balaban J connectivity index is 2.33. The summed E-state index contributed by atoms with van der Waals surface area (Å²) in [6, 6.07) is 28.9. The third-order valence-electron chi connectivity index (χ3n) is 5.76. The number of rotatable bonds is 11. The SMILES string of the molecule is CCOC(=O)C(C(=O)CC(C)CC(=O)[O-])[P+](c1ccccc1)(c1ccccc1)c1ccccc1. The molecule has 0 aliphatic rings. The number of carbonyl (C=O) groups is 3. The van der Waals surface area contributed by atoms with Crippen LogP contribution in [0, 0.1) is 5.92 Å². The summed E-state index contributed by atoms with van der Waals surface area (Å²) in [6.07, 6.45) is -0.319. The largest absolute Gasteiger partial charge is 0.550 e. The molecule has 3 aromatic carbocycles. The molecule has 6 heteroatoms. The molecule has 34 heavy (non-hydrogen) atoms. The number of benzene rings is 3. The van der Waals surface area contributed by atoms with Gasteiger partial charge in [-0.1, -0.05) is 61.5 Å². The molecule has 3 rings (SSSR count). The van der Waals surface area contributed by atoms with Crippen LogP contribution in [0.2, 0.25) is 0 Å². The highest BCUT2D eigenvalue weighted by Crippen LogP contribution is 2.60. The lowest BCUT2D eigenvalue weighted by molar-refractivity contribution is -0.306. The summed E-state index contributed by atoms with van der Waals surface area (Å²) in [5.41, 5.74) is -1.11. The van der Waals surface area contributed by atoms with Crippen LogP contribution in [0.3, 0.4) is 0 Å². The van der Waals surface area contributed by atoms with Gasteiger partial charge >= 0.3 is 5.97 Å². The molecular weight excluding hydrogens is 447 g/mol. The number of carboxylic acids is 1. The van der Waals surface area contributed by atoms with Gasteiger partial charge in [-0.25, -0.2) is 4.79 Å². The number of carboxylic acid groups (broad SMARTS) is 1. The molecule has 5 nitrogen and oxygen atoms in total. The highest BCUT2D eigenvalue weighted by Gasteiger charge is 2.59. The van der Waals surface area contributed by atoms with Crippen molar-refractivity contribution in [3.05, 3.63) is 91.0 Å². The van der Waals surface area contributed by atoms with Crippen molar-refractivity contribution in [3.8, 4) is 0 Å². The van der Waals surface area contributed by atoms with E-state index >= 15 is 0 Å². The van der Waals surface area contributed by atoms with E-state index in [4.69, 9.17) is 4.74 Å². The number of aliphatic carboxylic acids is 1. The molecule has 0 aromatic heterocycles. The molecule has 3 aromatic rings. The first-order valence-corrected chi connectivity index (χ1v) is 13.2. The van der Waals surface area contributed by atoms with Gasteiger partial charge in [0.15, 0.2) is 5.78 Å². The van der Waals surface area contributed by atoms with Gasteiger partial charge in [0.2, 0.25) is 5.66 Å². The summed E-state index contributed by atoms with van der Waals surface area (Å²) >= 11 is 0. The van der Waals surface area contributed by atoms with Crippen molar-refractivity contribution >= 4 is 40.9 Å². The number of carbonyl (C=O) groups excluding carboxylic acids is 3. The van der Waals surface area contributed by atoms with Crippen molar-refractivity contribution < 1.29 is 24.2 Å². The topological polar surface area (TPSA) is 83.5 Å². The first-order chi connectivity index (χ1) is 16.4. The van der Waals surface area contributed by atoms with Gasteiger partial charge in [-0.2, -0.15) is 0 Å². The number of hydrogen-bond donors (Lipinski definition) is 0. The monoisotopic (exact) mass is 476 g/mol. The smallest absolute Gasteiger partial charge is 0.356 e. The van der Waals surface area contributed by atoms with Crippen molar-refractivity contribution in [1.29, 1.82) is 0 Å². The van der Waals surface area contributed by atoms with Crippen molar-refractivity contribution in [2.45, 2.75) is 32.3 Å². The van der Waals surface area contributed by atoms with Crippen molar-refractivity contribution in [2.24, 2.45) is 5.92 Å². The van der Waals surface area contributed by atoms with E-state index in [1.807, 2.05) is 91.0 Å². The molecule has 0 amide bonds. The van der Waals surface area contributed by atoms with E-state index in [9.17, 15) is 19.5 Å². The molecule has 176 valence electrons. The summed E-state index contributed by atoms with van der Waals surface area (Å²) in [5.74, 6) is -2.60. The zero-order valence-corrected chi connectivity index (χ0v) is 20.3. The van der Waals surface area contributed by atoms with Crippen molar-refractivity contribution in [3.63, 3.8) is 0 Å². The number of Topliss-reactive ketones (excluding diaryl/α,β-unsaturated/α-hetero) is 1. The van der Waals surface area contributed by atoms with Gasteiger partial charge in [-0.05, 0) is 55.7 Å². The Morgan fingerprint density at radius 2 is 1.18 bits per heavy atom. The van der Waals surface area contributed by atoms with Crippen molar-refractivity contribution in [2.75, 3.05) is 6.61 Å². The molecule has 0 spiro atoms. The number of hydrogen-bond acceptors (Lipinski definition) is 5. The molecule has 0 saturated carbocycles. The normalized spacial score (nSPS) is 13.0. The van der Waals surface area contributed by atoms with Crippen LogP contribution in [0.4, 0.5) is 0 Å². The molecule has 0 radical (unpaired) electrons. The lowest BCUT2D eigenvalue weighted by atomic mass is 9.99. The summed E-state index contributed by atoms with van der Waals surface area (Å²) in [4.78, 5) is 38.7. The Morgan fingerprint density at radius 3 is 1.53 bits per heavy atom. The first kappa shape index (κ1) is 25.3. The highest BCUT2D eigenvalue weighted by atomic mass is 31.2. The number of ether oxygens (including phenoxy) is 1. The van der Waals surface area contributed by atoms with Crippen LogP contribution < -0.4 is 21.0 Å². The Labute approximate surface area is 201 Å². The third-order valence-corrected chi connectivity index (χ3v) is 10.4. The maximum atomic E-state index is 13.9. The van der Waals surface area contributed by atoms with Gasteiger partial charge < -0.3 is 14.6 Å². The van der Waals surface area contributed by atoms with Gasteiger partial charge in [0, 0.05) is 12.4 Å². The molecule has 0 heterocycles. The fourth-order valence-corrected chi connectivity index (χ4v) is 9.07. The van der Waals surface area contributed by atoms with E-state index in [-0.39, 0.29) is 25.2 Å². The minimum Gasteiger partial charge on any atom is -0.550 e. The summed E-state index contributed by atoms with van der Waals surface area (Å²) in [6.45, 7) is 3.53. The van der Waals surface area contributed by atoms with Crippen LogP contribution in [0.15, 0.2) is 91.0 Å². The molecule has 0 bridgehead atoms.